The predicted molar refractivity (Wildman–Crippen MR) is 114 cm³/mol. The van der Waals surface area contributed by atoms with Crippen molar-refractivity contribution < 1.29 is 22.7 Å². The van der Waals surface area contributed by atoms with Gasteiger partial charge in [0.05, 0.1) is 17.7 Å². The molecule has 162 valence electrons. The molecule has 1 N–H and O–H groups in total. The Balaban J connectivity index is 1.87. The molecule has 8 nitrogen and oxygen atoms in total. The molecule has 1 fully saturated rings. The van der Waals surface area contributed by atoms with Crippen LogP contribution in [0.4, 0.5) is 5.13 Å². The van der Waals surface area contributed by atoms with E-state index in [2.05, 4.69) is 10.3 Å². The molecule has 0 aliphatic carbocycles. The third-order valence-corrected chi connectivity index (χ3v) is 8.34. The summed E-state index contributed by atoms with van der Waals surface area (Å²) in [6, 6.07) is 2.83. The Morgan fingerprint density at radius 2 is 1.83 bits per heavy atom. The molecule has 30 heavy (non-hydrogen) atoms. The molecule has 0 bridgehead atoms. The monoisotopic (exact) mass is 451 g/mol. The van der Waals surface area contributed by atoms with Crippen LogP contribution < -0.4 is 5.32 Å². The van der Waals surface area contributed by atoms with Gasteiger partial charge in [0, 0.05) is 6.54 Å². The van der Waals surface area contributed by atoms with Gasteiger partial charge in [-0.3, -0.25) is 4.79 Å². The number of nitrogens with zero attached hydrogens (tertiary/aromatic N) is 2. The lowest BCUT2D eigenvalue weighted by Gasteiger charge is -2.25. The number of sulfonamides is 1. The second kappa shape index (κ2) is 8.44. The molecule has 10 heteroatoms. The summed E-state index contributed by atoms with van der Waals surface area (Å²) in [6.07, 6.45) is 1.01. The van der Waals surface area contributed by atoms with Crippen LogP contribution in [-0.4, -0.2) is 49.3 Å². The lowest BCUT2D eigenvalue weighted by atomic mass is 10.1. The number of rotatable bonds is 5. The molecule has 1 aromatic carbocycles. The van der Waals surface area contributed by atoms with Gasteiger partial charge < -0.3 is 10.1 Å². The summed E-state index contributed by atoms with van der Waals surface area (Å²) in [4.78, 5) is 29.4. The fraction of sp³-hybridized carbons (Fsp3) is 0.450. The van der Waals surface area contributed by atoms with Gasteiger partial charge in [-0.15, -0.1) is 0 Å². The number of anilines is 1. The van der Waals surface area contributed by atoms with Crippen molar-refractivity contribution in [2.75, 3.05) is 19.0 Å². The fourth-order valence-corrected chi connectivity index (χ4v) is 6.86. The molecule has 2 aromatic rings. The van der Waals surface area contributed by atoms with Crippen molar-refractivity contribution in [3.63, 3.8) is 0 Å². The zero-order valence-electron chi connectivity index (χ0n) is 17.6. The quantitative estimate of drug-likeness (QED) is 0.701. The van der Waals surface area contributed by atoms with Gasteiger partial charge in [0.2, 0.25) is 15.9 Å². The maximum atomic E-state index is 13.4. The first-order valence-corrected chi connectivity index (χ1v) is 11.8. The van der Waals surface area contributed by atoms with Crippen LogP contribution >= 0.6 is 11.3 Å². The summed E-state index contributed by atoms with van der Waals surface area (Å²) in [6.45, 7) is 7.38. The third-order valence-electron chi connectivity index (χ3n) is 5.08. The molecule has 0 saturated carbocycles. The Hall–Kier alpha value is -2.30. The van der Waals surface area contributed by atoms with Crippen LogP contribution in [0.1, 0.15) is 44.9 Å². The Kier molecular flexibility index (Phi) is 6.30. The minimum absolute atomic E-state index is 0.241. The number of carbonyl (C=O) groups is 2. The molecule has 1 amide bonds. The minimum atomic E-state index is -3.84. The van der Waals surface area contributed by atoms with E-state index in [4.69, 9.17) is 4.74 Å². The Labute approximate surface area is 180 Å². The first-order valence-electron chi connectivity index (χ1n) is 9.52. The molecule has 1 unspecified atom stereocenters. The summed E-state index contributed by atoms with van der Waals surface area (Å²) in [5.74, 6) is -0.982. The minimum Gasteiger partial charge on any atom is -0.465 e. The van der Waals surface area contributed by atoms with E-state index < -0.39 is 27.9 Å². The standard InChI is InChI=1S/C20H25N3O5S2/c1-11-9-12(2)17(13(3)10-11)30(26,27)23-8-6-7-15(23)18(24)22-20-21-14(4)16(29-20)19(25)28-5/h9-10,15H,6-8H2,1-5H3,(H,21,22,24). The fourth-order valence-electron chi connectivity index (χ4n) is 3.90. The molecule has 3 rings (SSSR count). The maximum Gasteiger partial charge on any atom is 0.350 e. The van der Waals surface area contributed by atoms with Crippen LogP contribution in [-0.2, 0) is 19.6 Å². The highest BCUT2D eigenvalue weighted by atomic mass is 32.2. The van der Waals surface area contributed by atoms with Crippen molar-refractivity contribution in [2.24, 2.45) is 0 Å². The van der Waals surface area contributed by atoms with Crippen molar-refractivity contribution in [1.29, 1.82) is 0 Å². The average Bonchev–Trinajstić information content (AvgIpc) is 3.27. The number of aromatic nitrogens is 1. The molecule has 2 heterocycles. The summed E-state index contributed by atoms with van der Waals surface area (Å²) in [5.41, 5.74) is 2.76. The van der Waals surface area contributed by atoms with Crippen LogP contribution in [0.15, 0.2) is 17.0 Å². The SMILES string of the molecule is COC(=O)c1sc(NC(=O)C2CCCN2S(=O)(=O)c2c(C)cc(C)cc2C)nc1C. The summed E-state index contributed by atoms with van der Waals surface area (Å²) in [5, 5.41) is 2.91. The van der Waals surface area contributed by atoms with E-state index in [-0.39, 0.29) is 16.6 Å². The first kappa shape index (κ1) is 22.4. The van der Waals surface area contributed by atoms with Gasteiger partial charge in [-0.2, -0.15) is 4.31 Å². The number of ether oxygens (including phenoxy) is 1. The topological polar surface area (TPSA) is 106 Å². The molecule has 0 radical (unpaired) electrons. The van der Waals surface area contributed by atoms with Crippen LogP contribution in [0.3, 0.4) is 0 Å². The van der Waals surface area contributed by atoms with Gasteiger partial charge in [0.25, 0.3) is 0 Å². The average molecular weight is 452 g/mol. The maximum absolute atomic E-state index is 13.4. The Morgan fingerprint density at radius 1 is 1.20 bits per heavy atom. The van der Waals surface area contributed by atoms with Gasteiger partial charge in [0.1, 0.15) is 10.9 Å². The second-order valence-corrected chi connectivity index (χ2v) is 10.2. The van der Waals surface area contributed by atoms with Crippen molar-refractivity contribution in [2.45, 2.75) is 51.5 Å². The van der Waals surface area contributed by atoms with Crippen LogP contribution in [0.25, 0.3) is 0 Å². The molecular formula is C20H25N3O5S2. The van der Waals surface area contributed by atoms with E-state index in [0.29, 0.717) is 34.5 Å². The van der Waals surface area contributed by atoms with Crippen molar-refractivity contribution in [3.8, 4) is 0 Å². The van der Waals surface area contributed by atoms with E-state index in [1.807, 2.05) is 19.1 Å². The number of thiazole rings is 1. The van der Waals surface area contributed by atoms with Crippen molar-refractivity contribution in [3.05, 3.63) is 39.4 Å². The smallest absolute Gasteiger partial charge is 0.350 e. The summed E-state index contributed by atoms with van der Waals surface area (Å²) < 4.78 is 32.8. The lowest BCUT2D eigenvalue weighted by molar-refractivity contribution is -0.119. The molecule has 1 saturated heterocycles. The largest absolute Gasteiger partial charge is 0.465 e. The van der Waals surface area contributed by atoms with E-state index in [9.17, 15) is 18.0 Å². The van der Waals surface area contributed by atoms with E-state index >= 15 is 0 Å². The van der Waals surface area contributed by atoms with Gasteiger partial charge >= 0.3 is 5.97 Å². The normalized spacial score (nSPS) is 17.2. The zero-order valence-corrected chi connectivity index (χ0v) is 19.2. The van der Waals surface area contributed by atoms with E-state index in [0.717, 1.165) is 16.9 Å². The van der Waals surface area contributed by atoms with Crippen molar-refractivity contribution in [1.82, 2.24) is 9.29 Å². The van der Waals surface area contributed by atoms with Gasteiger partial charge in [-0.05, 0) is 51.7 Å². The van der Waals surface area contributed by atoms with Gasteiger partial charge in [-0.25, -0.2) is 18.2 Å². The van der Waals surface area contributed by atoms with Crippen LogP contribution in [0.5, 0.6) is 0 Å². The molecular weight excluding hydrogens is 426 g/mol. The molecule has 0 spiro atoms. The van der Waals surface area contributed by atoms with E-state index in [1.165, 1.54) is 11.4 Å². The molecule has 1 aliphatic rings. The number of methoxy groups -OCH3 is 1. The van der Waals surface area contributed by atoms with Crippen molar-refractivity contribution >= 4 is 38.4 Å². The molecule has 1 atom stereocenters. The number of hydrogen-bond acceptors (Lipinski definition) is 7. The highest BCUT2D eigenvalue weighted by Crippen LogP contribution is 2.32. The predicted octanol–water partition coefficient (Wildman–Crippen LogP) is 2.96. The van der Waals surface area contributed by atoms with Crippen LogP contribution in [0.2, 0.25) is 0 Å². The number of nitrogens with one attached hydrogen (secondary N) is 1. The second-order valence-electron chi connectivity index (χ2n) is 7.42. The molecule has 1 aliphatic heterocycles. The Morgan fingerprint density at radius 3 is 2.43 bits per heavy atom. The number of esters is 1. The highest BCUT2D eigenvalue weighted by Gasteiger charge is 2.41. The number of aryl methyl sites for hydroxylation is 4. The number of hydrogen-bond donors (Lipinski definition) is 1. The highest BCUT2D eigenvalue weighted by molar-refractivity contribution is 7.89. The van der Waals surface area contributed by atoms with Gasteiger partial charge in [0.15, 0.2) is 5.13 Å². The number of carbonyl (C=O) groups excluding carboxylic acids is 2. The molecule has 1 aromatic heterocycles. The third kappa shape index (κ3) is 4.12. The first-order chi connectivity index (χ1) is 14.1. The van der Waals surface area contributed by atoms with Gasteiger partial charge in [-0.1, -0.05) is 29.0 Å². The number of amides is 1. The lowest BCUT2D eigenvalue weighted by Crippen LogP contribution is -2.43. The Bertz CT molecular complexity index is 1080. The summed E-state index contributed by atoms with van der Waals surface area (Å²) in [7, 11) is -2.57. The number of benzene rings is 1. The van der Waals surface area contributed by atoms with E-state index in [1.54, 1.807) is 20.8 Å². The zero-order chi connectivity index (χ0) is 22.2. The summed E-state index contributed by atoms with van der Waals surface area (Å²) >= 11 is 1.01. The van der Waals surface area contributed by atoms with Crippen LogP contribution in [0, 0.1) is 27.7 Å².